The lowest BCUT2D eigenvalue weighted by Crippen LogP contribution is -2.37. The first kappa shape index (κ1) is 22.7. The van der Waals surface area contributed by atoms with Gasteiger partial charge < -0.3 is 18.8 Å². The molecule has 4 aromatic rings. The van der Waals surface area contributed by atoms with Crippen molar-refractivity contribution in [1.82, 2.24) is 9.55 Å². The van der Waals surface area contributed by atoms with Gasteiger partial charge in [-0.1, -0.05) is 66.2 Å². The second kappa shape index (κ2) is 10.4. The van der Waals surface area contributed by atoms with Crippen LogP contribution in [0.5, 0.6) is 5.75 Å². The molecule has 0 spiro atoms. The SMILES string of the molecule is Clc1ccc(CC[C@@]2(Cn3ccnc3)OC[C@H](COc3ccc(-c4ccccc4)cc3)O2)cc1. The second-order valence-electron chi connectivity index (χ2n) is 8.52. The molecule has 3 aromatic carbocycles. The summed E-state index contributed by atoms with van der Waals surface area (Å²) >= 11 is 6.03. The molecular weight excluding hydrogens is 448 g/mol. The molecule has 0 radical (unpaired) electrons. The van der Waals surface area contributed by atoms with Crippen molar-refractivity contribution in [2.75, 3.05) is 13.2 Å². The van der Waals surface area contributed by atoms with Crippen molar-refractivity contribution in [2.45, 2.75) is 31.3 Å². The molecule has 34 heavy (non-hydrogen) atoms. The Balaban J connectivity index is 1.21. The summed E-state index contributed by atoms with van der Waals surface area (Å²) in [4.78, 5) is 4.16. The lowest BCUT2D eigenvalue weighted by molar-refractivity contribution is -0.184. The molecule has 0 unspecified atom stereocenters. The highest BCUT2D eigenvalue weighted by molar-refractivity contribution is 6.30. The number of halogens is 1. The van der Waals surface area contributed by atoms with Crippen LogP contribution in [0.1, 0.15) is 12.0 Å². The van der Waals surface area contributed by atoms with Gasteiger partial charge in [-0.15, -0.1) is 0 Å². The van der Waals surface area contributed by atoms with Crippen molar-refractivity contribution in [3.63, 3.8) is 0 Å². The Morgan fingerprint density at radius 2 is 1.74 bits per heavy atom. The summed E-state index contributed by atoms with van der Waals surface area (Å²) < 4.78 is 20.8. The number of rotatable bonds is 9. The Morgan fingerprint density at radius 1 is 0.971 bits per heavy atom. The van der Waals surface area contributed by atoms with Crippen LogP contribution in [-0.4, -0.2) is 34.7 Å². The number of ether oxygens (including phenoxy) is 3. The zero-order valence-corrected chi connectivity index (χ0v) is 19.6. The van der Waals surface area contributed by atoms with Crippen molar-refractivity contribution in [3.05, 3.63) is 108 Å². The third-order valence-electron chi connectivity index (χ3n) is 6.00. The third-order valence-corrected chi connectivity index (χ3v) is 6.25. The van der Waals surface area contributed by atoms with Crippen molar-refractivity contribution >= 4 is 11.6 Å². The van der Waals surface area contributed by atoms with Gasteiger partial charge in [0.25, 0.3) is 0 Å². The van der Waals surface area contributed by atoms with Gasteiger partial charge in [0.05, 0.1) is 19.5 Å². The van der Waals surface area contributed by atoms with Gasteiger partial charge in [0.1, 0.15) is 18.5 Å². The molecule has 0 N–H and O–H groups in total. The maximum absolute atomic E-state index is 6.46. The maximum atomic E-state index is 6.46. The van der Waals surface area contributed by atoms with Crippen LogP contribution in [0.2, 0.25) is 5.02 Å². The number of hydrogen-bond acceptors (Lipinski definition) is 4. The second-order valence-corrected chi connectivity index (χ2v) is 8.96. The summed E-state index contributed by atoms with van der Waals surface area (Å²) in [5, 5.41) is 0.735. The Hall–Kier alpha value is -3.12. The Kier molecular flexibility index (Phi) is 6.95. The fraction of sp³-hybridized carbons (Fsp3) is 0.250. The van der Waals surface area contributed by atoms with Crippen LogP contribution in [0.3, 0.4) is 0 Å². The lowest BCUT2D eigenvalue weighted by atomic mass is 10.0. The molecule has 5 rings (SSSR count). The number of benzene rings is 3. The summed E-state index contributed by atoms with van der Waals surface area (Å²) in [7, 11) is 0. The summed E-state index contributed by atoms with van der Waals surface area (Å²) in [6.07, 6.45) is 6.86. The first-order chi connectivity index (χ1) is 16.7. The van der Waals surface area contributed by atoms with Crippen LogP contribution >= 0.6 is 11.6 Å². The fourth-order valence-corrected chi connectivity index (χ4v) is 4.33. The molecule has 0 aliphatic carbocycles. The van der Waals surface area contributed by atoms with Gasteiger partial charge in [-0.2, -0.15) is 0 Å². The molecule has 5 nitrogen and oxygen atoms in total. The highest BCUT2D eigenvalue weighted by Crippen LogP contribution is 2.32. The predicted molar refractivity (Wildman–Crippen MR) is 133 cm³/mol. The number of nitrogens with zero attached hydrogens (tertiary/aromatic N) is 2. The van der Waals surface area contributed by atoms with Crippen LogP contribution < -0.4 is 4.74 Å². The van der Waals surface area contributed by atoms with Crippen LogP contribution in [0.15, 0.2) is 97.6 Å². The molecule has 1 aliphatic rings. The average molecular weight is 475 g/mol. The highest BCUT2D eigenvalue weighted by atomic mass is 35.5. The first-order valence-electron chi connectivity index (χ1n) is 11.5. The average Bonchev–Trinajstić information content (AvgIpc) is 3.54. The molecule has 0 saturated carbocycles. The maximum Gasteiger partial charge on any atom is 0.187 e. The normalized spacial score (nSPS) is 19.9. The van der Waals surface area contributed by atoms with E-state index in [9.17, 15) is 0 Å². The first-order valence-corrected chi connectivity index (χ1v) is 11.9. The predicted octanol–water partition coefficient (Wildman–Crippen LogP) is 6.03. The zero-order valence-electron chi connectivity index (χ0n) is 18.8. The summed E-state index contributed by atoms with van der Waals surface area (Å²) in [6, 6.07) is 26.4. The third kappa shape index (κ3) is 5.68. The van der Waals surface area contributed by atoms with Gasteiger partial charge in [-0.05, 0) is 47.4 Å². The molecular formula is C28H27ClN2O3. The number of imidazole rings is 1. The van der Waals surface area contributed by atoms with E-state index in [4.69, 9.17) is 25.8 Å². The molecule has 1 aromatic heterocycles. The Bertz CT molecular complexity index is 1160. The van der Waals surface area contributed by atoms with E-state index in [1.54, 1.807) is 12.5 Å². The van der Waals surface area contributed by atoms with E-state index in [2.05, 4.69) is 29.2 Å². The van der Waals surface area contributed by atoms with Gasteiger partial charge >= 0.3 is 0 Å². The zero-order chi connectivity index (χ0) is 23.2. The number of hydrogen-bond donors (Lipinski definition) is 0. The van der Waals surface area contributed by atoms with E-state index >= 15 is 0 Å². The van der Waals surface area contributed by atoms with Crippen LogP contribution in [0.25, 0.3) is 11.1 Å². The smallest absolute Gasteiger partial charge is 0.187 e. The van der Waals surface area contributed by atoms with Crippen LogP contribution in [-0.2, 0) is 22.4 Å². The van der Waals surface area contributed by atoms with Gasteiger partial charge in [0.2, 0.25) is 0 Å². The molecule has 1 aliphatic heterocycles. The summed E-state index contributed by atoms with van der Waals surface area (Å²) in [5.74, 6) is 0.0856. The molecule has 1 fully saturated rings. The van der Waals surface area contributed by atoms with Gasteiger partial charge in [0.15, 0.2) is 5.79 Å². The van der Waals surface area contributed by atoms with E-state index < -0.39 is 5.79 Å². The standard InChI is InChI=1S/C28H27ClN2O3/c29-25-10-6-22(7-11-25)14-15-28(20-31-17-16-30-21-31)33-19-27(34-28)18-32-26-12-8-24(9-13-26)23-4-2-1-3-5-23/h1-13,16-17,21,27H,14-15,18-20H2/t27-,28+/m0/s1. The minimum atomic E-state index is -0.731. The van der Waals surface area contributed by atoms with Gasteiger partial charge in [0, 0.05) is 23.8 Å². The van der Waals surface area contributed by atoms with E-state index in [1.165, 1.54) is 11.1 Å². The Morgan fingerprint density at radius 3 is 2.47 bits per heavy atom. The van der Waals surface area contributed by atoms with Gasteiger partial charge in [-0.25, -0.2) is 4.98 Å². The number of aromatic nitrogens is 2. The summed E-state index contributed by atoms with van der Waals surface area (Å²) in [6.45, 7) is 1.48. The molecule has 6 heteroatoms. The van der Waals surface area contributed by atoms with E-state index in [1.807, 2.05) is 65.4 Å². The van der Waals surface area contributed by atoms with E-state index in [0.29, 0.717) is 19.8 Å². The van der Waals surface area contributed by atoms with Crippen molar-refractivity contribution in [3.8, 4) is 16.9 Å². The number of aryl methyl sites for hydroxylation is 1. The molecule has 0 bridgehead atoms. The minimum Gasteiger partial charge on any atom is -0.491 e. The van der Waals surface area contributed by atoms with Crippen molar-refractivity contribution < 1.29 is 14.2 Å². The minimum absolute atomic E-state index is 0.150. The monoisotopic (exact) mass is 474 g/mol. The van der Waals surface area contributed by atoms with E-state index in [0.717, 1.165) is 29.2 Å². The van der Waals surface area contributed by atoms with E-state index in [-0.39, 0.29) is 6.10 Å². The topological polar surface area (TPSA) is 45.5 Å². The van der Waals surface area contributed by atoms with Crippen molar-refractivity contribution in [1.29, 1.82) is 0 Å². The molecule has 2 atom stereocenters. The largest absolute Gasteiger partial charge is 0.491 e. The van der Waals surface area contributed by atoms with Crippen LogP contribution in [0.4, 0.5) is 0 Å². The summed E-state index contributed by atoms with van der Waals surface area (Å²) in [5.41, 5.74) is 3.54. The quantitative estimate of drug-likeness (QED) is 0.297. The Labute approximate surface area is 204 Å². The van der Waals surface area contributed by atoms with Crippen LogP contribution in [0, 0.1) is 0 Å². The molecule has 1 saturated heterocycles. The lowest BCUT2D eigenvalue weighted by Gasteiger charge is -2.28. The van der Waals surface area contributed by atoms with Crippen molar-refractivity contribution in [2.24, 2.45) is 0 Å². The molecule has 174 valence electrons. The molecule has 2 heterocycles. The highest BCUT2D eigenvalue weighted by Gasteiger charge is 2.42. The fourth-order valence-electron chi connectivity index (χ4n) is 4.20. The molecule has 0 amide bonds. The van der Waals surface area contributed by atoms with Gasteiger partial charge in [-0.3, -0.25) is 0 Å².